The maximum atomic E-state index is 13.9. The molecule has 0 spiro atoms. The van der Waals surface area contributed by atoms with E-state index >= 15 is 0 Å². The Balaban J connectivity index is 1.95. The number of carbonyl (C=O) groups is 14. The van der Waals surface area contributed by atoms with E-state index in [2.05, 4.69) is 16.0 Å². The topological polar surface area (TPSA) is 340 Å². The molecule has 0 bridgehead atoms. The number of nitrogens with zero attached hydrogens (tertiary/aromatic N) is 2. The number of hydrogen-bond donors (Lipinski definition) is 3. The van der Waals surface area contributed by atoms with Crippen LogP contribution in [0.2, 0.25) is 0 Å². The molecule has 0 aliphatic carbocycles. The Labute approximate surface area is 439 Å². The lowest BCUT2D eigenvalue weighted by Gasteiger charge is -2.23. The molecule has 76 heavy (non-hydrogen) atoms. The normalized spacial score (nSPS) is 12.1. The molecule has 1 unspecified atom stereocenters. The van der Waals surface area contributed by atoms with Gasteiger partial charge in [0.1, 0.15) is 75.6 Å². The minimum absolute atomic E-state index is 0.00687. The van der Waals surface area contributed by atoms with Gasteiger partial charge in [0.25, 0.3) is 11.5 Å². The van der Waals surface area contributed by atoms with Crippen molar-refractivity contribution in [1.29, 1.82) is 0 Å². The summed E-state index contributed by atoms with van der Waals surface area (Å²) in [6, 6.07) is 7.19. The summed E-state index contributed by atoms with van der Waals surface area (Å²) in [5, 5.41) is 18.5. The van der Waals surface area contributed by atoms with E-state index in [1.165, 1.54) is 52.1 Å². The van der Waals surface area contributed by atoms with Crippen LogP contribution in [-0.2, 0) is 67.1 Å². The van der Waals surface area contributed by atoms with E-state index in [0.717, 1.165) is 29.2 Å². The number of nitro benzene ring substituents is 1. The molecule has 412 valence electrons. The van der Waals surface area contributed by atoms with Crippen molar-refractivity contribution >= 4 is 93.2 Å². The van der Waals surface area contributed by atoms with Gasteiger partial charge in [0, 0.05) is 128 Å². The molecule has 2 rings (SSSR count). The highest BCUT2D eigenvalue weighted by Gasteiger charge is 2.37. The summed E-state index contributed by atoms with van der Waals surface area (Å²) in [5.74, 6) is -9.78. The standard InChI is InChI=1S/C53H67N5O18/c1-32(59)8-15-38(60)16-17-39(61)18-19-40(62)20-21-41(63)22-23-42(64)24-25-43(65)26-27-44(66)30-31-57(7)50(70)46(47(67)51(71)75-45-28-13-37(14-29-45)58(73)74)35-9-11-36(12-10-35)56-49(69)33(2)54-48(68)34(3)55-52(72)76-53(4,5)6/h9-14,28-29,33-34,46H,8,15-27,30-31H2,1-7H3,(H,54,68)(H,55,72)(H,56,69)/t33-,34-,46?/m0/s1. The zero-order valence-corrected chi connectivity index (χ0v) is 43.9. The number of esters is 1. The Kier molecular flexibility index (Phi) is 26.7. The highest BCUT2D eigenvalue weighted by molar-refractivity contribution is 6.40. The van der Waals surface area contributed by atoms with Gasteiger partial charge < -0.3 is 35.1 Å². The number of Topliss-reactive ketones (excluding diaryl/α,β-unsaturated/α-hetero) is 9. The first-order valence-electron chi connectivity index (χ1n) is 24.6. The fraction of sp³-hybridized carbons (Fsp3) is 0.509. The highest BCUT2D eigenvalue weighted by Crippen LogP contribution is 2.25. The van der Waals surface area contributed by atoms with Crippen LogP contribution in [-0.4, -0.2) is 123 Å². The average molecular weight is 1060 g/mol. The van der Waals surface area contributed by atoms with Crippen LogP contribution < -0.4 is 20.7 Å². The van der Waals surface area contributed by atoms with Crippen molar-refractivity contribution in [3.05, 3.63) is 64.2 Å². The molecule has 0 saturated carbocycles. The van der Waals surface area contributed by atoms with Gasteiger partial charge in [0.2, 0.25) is 17.7 Å². The van der Waals surface area contributed by atoms with Gasteiger partial charge in [-0.25, -0.2) is 9.59 Å². The summed E-state index contributed by atoms with van der Waals surface area (Å²) >= 11 is 0. The number of amides is 4. The van der Waals surface area contributed by atoms with E-state index in [1.807, 2.05) is 0 Å². The average Bonchev–Trinajstić information content (AvgIpc) is 3.35. The fourth-order valence-electron chi connectivity index (χ4n) is 6.77. The van der Waals surface area contributed by atoms with E-state index < -0.39 is 75.7 Å². The van der Waals surface area contributed by atoms with Gasteiger partial charge >= 0.3 is 12.1 Å². The number of non-ortho nitro benzene ring substituents is 1. The monoisotopic (exact) mass is 1060 g/mol. The summed E-state index contributed by atoms with van der Waals surface area (Å²) < 4.78 is 10.3. The predicted octanol–water partition coefficient (Wildman–Crippen LogP) is 5.09. The van der Waals surface area contributed by atoms with Crippen LogP contribution in [0.4, 0.5) is 16.2 Å². The van der Waals surface area contributed by atoms with Gasteiger partial charge in [-0.15, -0.1) is 0 Å². The third-order valence-electron chi connectivity index (χ3n) is 11.3. The van der Waals surface area contributed by atoms with E-state index in [9.17, 15) is 77.2 Å². The van der Waals surface area contributed by atoms with E-state index in [-0.39, 0.29) is 160 Å². The lowest BCUT2D eigenvalue weighted by molar-refractivity contribution is -0.384. The number of ether oxygens (including phenoxy) is 2. The van der Waals surface area contributed by atoms with Gasteiger partial charge in [0.15, 0.2) is 0 Å². The Hall–Kier alpha value is -7.98. The number of rotatable bonds is 35. The molecule has 0 radical (unpaired) electrons. The summed E-state index contributed by atoms with van der Waals surface area (Å²) in [6.07, 6.45) is -2.53. The SMILES string of the molecule is CC(=O)CCC(=O)CCC(=O)CCC(=O)CCC(=O)CCC(=O)CCC(=O)CCC(=O)CCN(C)C(=O)C(C(=O)C(=O)Oc1ccc([N+](=O)[O-])cc1)c1ccc(NC(=O)[C@H](C)NC(=O)[C@H](C)NC(=O)OC(C)(C)C)cc1. The van der Waals surface area contributed by atoms with Crippen LogP contribution in [0.5, 0.6) is 5.75 Å². The van der Waals surface area contributed by atoms with Crippen LogP contribution in [0.15, 0.2) is 48.5 Å². The molecule has 23 nitrogen and oxygen atoms in total. The van der Waals surface area contributed by atoms with Gasteiger partial charge in [0.05, 0.1) is 4.92 Å². The van der Waals surface area contributed by atoms with Crippen LogP contribution >= 0.6 is 0 Å². The Morgan fingerprint density at radius 1 is 0.566 bits per heavy atom. The number of nitrogens with one attached hydrogen (secondary N) is 3. The first kappa shape index (κ1) is 64.1. The zero-order valence-electron chi connectivity index (χ0n) is 43.9. The molecule has 23 heteroatoms. The second kappa shape index (κ2) is 31.7. The third kappa shape index (κ3) is 25.3. The molecule has 2 aromatic carbocycles. The number of anilines is 1. The first-order chi connectivity index (χ1) is 35.5. The number of ketones is 9. The van der Waals surface area contributed by atoms with Gasteiger partial charge in [-0.1, -0.05) is 12.1 Å². The van der Waals surface area contributed by atoms with Crippen molar-refractivity contribution in [2.75, 3.05) is 18.9 Å². The Morgan fingerprint density at radius 2 is 0.961 bits per heavy atom. The Morgan fingerprint density at radius 3 is 1.36 bits per heavy atom. The van der Waals surface area contributed by atoms with Crippen LogP contribution in [0.1, 0.15) is 149 Å². The van der Waals surface area contributed by atoms with Gasteiger partial charge in [-0.05, 0) is 71.4 Å². The largest absolute Gasteiger partial charge is 0.444 e. The maximum absolute atomic E-state index is 13.9. The number of likely N-dealkylation sites (N-methyl/N-ethyl adjacent to an activating group) is 1. The smallest absolute Gasteiger partial charge is 0.408 e. The number of carbonyl (C=O) groups excluding carboxylic acids is 14. The van der Waals surface area contributed by atoms with Crippen molar-refractivity contribution in [2.24, 2.45) is 0 Å². The fourth-order valence-corrected chi connectivity index (χ4v) is 6.77. The molecular weight excluding hydrogens is 995 g/mol. The third-order valence-corrected chi connectivity index (χ3v) is 11.3. The first-order valence-corrected chi connectivity index (χ1v) is 24.6. The highest BCUT2D eigenvalue weighted by atomic mass is 16.6. The number of alkyl carbamates (subject to hydrolysis) is 1. The van der Waals surface area contributed by atoms with Crippen LogP contribution in [0.3, 0.4) is 0 Å². The predicted molar refractivity (Wildman–Crippen MR) is 271 cm³/mol. The number of nitro groups is 1. The molecular formula is C53H67N5O18. The van der Waals surface area contributed by atoms with Crippen molar-refractivity contribution in [1.82, 2.24) is 15.5 Å². The molecule has 2 aromatic rings. The summed E-state index contributed by atoms with van der Waals surface area (Å²) in [5.41, 5.74) is -1.04. The minimum atomic E-state index is -1.85. The van der Waals surface area contributed by atoms with Gasteiger partial charge in [-0.2, -0.15) is 0 Å². The molecule has 3 atom stereocenters. The van der Waals surface area contributed by atoms with Gasteiger partial charge in [-0.3, -0.25) is 62.9 Å². The summed E-state index contributed by atoms with van der Waals surface area (Å²) in [7, 11) is 1.27. The molecule has 4 amide bonds. The van der Waals surface area contributed by atoms with E-state index in [0.29, 0.717) is 0 Å². The molecule has 3 N–H and O–H groups in total. The minimum Gasteiger partial charge on any atom is -0.444 e. The Bertz CT molecular complexity index is 2510. The summed E-state index contributed by atoms with van der Waals surface area (Å²) in [6.45, 7) is 8.80. The number of hydrogen-bond acceptors (Lipinski definition) is 18. The zero-order chi connectivity index (χ0) is 57.3. The van der Waals surface area contributed by atoms with Crippen molar-refractivity contribution in [3.8, 4) is 5.75 Å². The molecule has 0 heterocycles. The second-order valence-corrected chi connectivity index (χ2v) is 19.1. The summed E-state index contributed by atoms with van der Waals surface area (Å²) in [4.78, 5) is 187. The molecule has 0 fully saturated rings. The molecule has 0 aliphatic heterocycles. The molecule has 0 aromatic heterocycles. The van der Waals surface area contributed by atoms with Crippen molar-refractivity contribution < 1.29 is 81.5 Å². The van der Waals surface area contributed by atoms with Crippen LogP contribution in [0.25, 0.3) is 0 Å². The molecule has 0 aliphatic rings. The van der Waals surface area contributed by atoms with E-state index in [4.69, 9.17) is 9.47 Å². The second-order valence-electron chi connectivity index (χ2n) is 19.1. The van der Waals surface area contributed by atoms with Crippen LogP contribution in [0, 0.1) is 10.1 Å². The van der Waals surface area contributed by atoms with Crippen molar-refractivity contribution in [2.45, 2.75) is 161 Å². The van der Waals surface area contributed by atoms with E-state index in [1.54, 1.807) is 20.8 Å². The molecule has 0 saturated heterocycles. The quantitative estimate of drug-likeness (QED) is 0.0202. The number of benzene rings is 2. The lowest BCUT2D eigenvalue weighted by Crippen LogP contribution is -2.51. The lowest BCUT2D eigenvalue weighted by atomic mass is 9.92. The van der Waals surface area contributed by atoms with Crippen molar-refractivity contribution in [3.63, 3.8) is 0 Å². The maximum Gasteiger partial charge on any atom is 0.408 e.